The highest BCUT2D eigenvalue weighted by atomic mass is 16.6. The summed E-state index contributed by atoms with van der Waals surface area (Å²) in [7, 11) is 3.26. The number of anilines is 1. The van der Waals surface area contributed by atoms with E-state index in [0.29, 0.717) is 17.4 Å². The molecule has 0 unspecified atom stereocenters. The fourth-order valence-corrected chi connectivity index (χ4v) is 1.63. The lowest BCUT2D eigenvalue weighted by Crippen LogP contribution is -2.03. The standard InChI is InChI=1S/C13H14N4O4/c1-14-11-7-13(16-12(15-11)8-20-2)21-10-5-3-4-9(6-10)17(18)19/h3-7H,8H2,1-2H3,(H,14,15,16). The second-order valence-corrected chi connectivity index (χ2v) is 4.05. The van der Waals surface area contributed by atoms with E-state index in [-0.39, 0.29) is 18.2 Å². The van der Waals surface area contributed by atoms with Crippen LogP contribution in [-0.2, 0) is 11.3 Å². The van der Waals surface area contributed by atoms with Crippen molar-refractivity contribution in [3.8, 4) is 11.6 Å². The van der Waals surface area contributed by atoms with Crippen LogP contribution in [0.2, 0.25) is 0 Å². The molecule has 21 heavy (non-hydrogen) atoms. The van der Waals surface area contributed by atoms with Gasteiger partial charge in [-0.15, -0.1) is 0 Å². The zero-order chi connectivity index (χ0) is 15.2. The number of nitrogens with zero attached hydrogens (tertiary/aromatic N) is 3. The van der Waals surface area contributed by atoms with Crippen molar-refractivity contribution >= 4 is 11.5 Å². The highest BCUT2D eigenvalue weighted by molar-refractivity contribution is 5.42. The summed E-state index contributed by atoms with van der Waals surface area (Å²) in [6.07, 6.45) is 0. The van der Waals surface area contributed by atoms with E-state index in [1.165, 1.54) is 19.2 Å². The van der Waals surface area contributed by atoms with Crippen LogP contribution < -0.4 is 10.1 Å². The van der Waals surface area contributed by atoms with E-state index < -0.39 is 4.92 Å². The van der Waals surface area contributed by atoms with Gasteiger partial charge in [-0.05, 0) is 6.07 Å². The lowest BCUT2D eigenvalue weighted by atomic mass is 10.3. The van der Waals surface area contributed by atoms with Crippen molar-refractivity contribution in [2.24, 2.45) is 0 Å². The van der Waals surface area contributed by atoms with E-state index in [9.17, 15) is 10.1 Å². The van der Waals surface area contributed by atoms with Gasteiger partial charge in [-0.1, -0.05) is 6.07 Å². The van der Waals surface area contributed by atoms with Gasteiger partial charge in [0, 0.05) is 26.3 Å². The van der Waals surface area contributed by atoms with Crippen molar-refractivity contribution in [3.63, 3.8) is 0 Å². The largest absolute Gasteiger partial charge is 0.439 e. The van der Waals surface area contributed by atoms with Crippen LogP contribution in [0.25, 0.3) is 0 Å². The maximum absolute atomic E-state index is 10.7. The average Bonchev–Trinajstić information content (AvgIpc) is 2.47. The summed E-state index contributed by atoms with van der Waals surface area (Å²) >= 11 is 0. The van der Waals surface area contributed by atoms with Crippen LogP contribution in [-0.4, -0.2) is 29.0 Å². The number of nitro groups is 1. The Labute approximate surface area is 120 Å². The minimum atomic E-state index is -0.484. The Balaban J connectivity index is 2.27. The quantitative estimate of drug-likeness (QED) is 0.643. The molecule has 0 bridgehead atoms. The highest BCUT2D eigenvalue weighted by Crippen LogP contribution is 2.25. The predicted molar refractivity (Wildman–Crippen MR) is 75.5 cm³/mol. The SMILES string of the molecule is CNc1cc(Oc2cccc([N+](=O)[O-])c2)nc(COC)n1. The summed E-state index contributed by atoms with van der Waals surface area (Å²) in [6, 6.07) is 7.48. The summed E-state index contributed by atoms with van der Waals surface area (Å²) in [6.45, 7) is 0.237. The number of nitrogens with one attached hydrogen (secondary N) is 1. The zero-order valence-electron chi connectivity index (χ0n) is 11.6. The molecule has 110 valence electrons. The predicted octanol–water partition coefficient (Wildman–Crippen LogP) is 2.37. The molecular weight excluding hydrogens is 276 g/mol. The number of hydrogen-bond acceptors (Lipinski definition) is 7. The summed E-state index contributed by atoms with van der Waals surface area (Å²) < 4.78 is 10.5. The maximum Gasteiger partial charge on any atom is 0.273 e. The van der Waals surface area contributed by atoms with Crippen molar-refractivity contribution in [2.45, 2.75) is 6.61 Å². The van der Waals surface area contributed by atoms with Crippen LogP contribution in [0.3, 0.4) is 0 Å². The van der Waals surface area contributed by atoms with Crippen LogP contribution in [0, 0.1) is 10.1 Å². The number of rotatable bonds is 6. The molecule has 0 radical (unpaired) electrons. The molecule has 0 saturated heterocycles. The lowest BCUT2D eigenvalue weighted by Gasteiger charge is -2.08. The van der Waals surface area contributed by atoms with E-state index in [4.69, 9.17) is 9.47 Å². The van der Waals surface area contributed by atoms with Gasteiger partial charge in [0.25, 0.3) is 5.69 Å². The van der Waals surface area contributed by atoms with E-state index in [0.717, 1.165) is 0 Å². The van der Waals surface area contributed by atoms with Crippen LogP contribution in [0.1, 0.15) is 5.82 Å². The number of ether oxygens (including phenoxy) is 2. The van der Waals surface area contributed by atoms with Crippen molar-refractivity contribution in [2.75, 3.05) is 19.5 Å². The monoisotopic (exact) mass is 290 g/mol. The molecule has 1 aromatic heterocycles. The molecule has 8 nitrogen and oxygen atoms in total. The maximum atomic E-state index is 10.7. The minimum absolute atomic E-state index is 0.0486. The molecule has 0 saturated carbocycles. The number of hydrogen-bond donors (Lipinski definition) is 1. The molecular formula is C13H14N4O4. The second kappa shape index (κ2) is 6.62. The Morgan fingerprint density at radius 3 is 2.81 bits per heavy atom. The van der Waals surface area contributed by atoms with Gasteiger partial charge in [-0.2, -0.15) is 4.98 Å². The lowest BCUT2D eigenvalue weighted by molar-refractivity contribution is -0.384. The first-order chi connectivity index (χ1) is 10.1. The molecule has 1 N–H and O–H groups in total. The summed E-state index contributed by atoms with van der Waals surface area (Å²) in [5, 5.41) is 13.6. The van der Waals surface area contributed by atoms with Crippen molar-refractivity contribution in [3.05, 3.63) is 46.3 Å². The molecule has 0 aliphatic rings. The third-order valence-corrected chi connectivity index (χ3v) is 2.53. The highest BCUT2D eigenvalue weighted by Gasteiger charge is 2.09. The van der Waals surface area contributed by atoms with Gasteiger partial charge in [0.05, 0.1) is 11.0 Å². The smallest absolute Gasteiger partial charge is 0.273 e. The zero-order valence-corrected chi connectivity index (χ0v) is 11.6. The molecule has 2 rings (SSSR count). The Morgan fingerprint density at radius 1 is 1.33 bits per heavy atom. The van der Waals surface area contributed by atoms with Gasteiger partial charge in [0.2, 0.25) is 5.88 Å². The molecule has 1 aromatic carbocycles. The van der Waals surface area contributed by atoms with Crippen LogP contribution >= 0.6 is 0 Å². The van der Waals surface area contributed by atoms with Gasteiger partial charge in [-0.3, -0.25) is 10.1 Å². The topological polar surface area (TPSA) is 99.4 Å². The normalized spacial score (nSPS) is 10.2. The fraction of sp³-hybridized carbons (Fsp3) is 0.231. The molecule has 0 aliphatic carbocycles. The Hall–Kier alpha value is -2.74. The first-order valence-corrected chi connectivity index (χ1v) is 6.09. The van der Waals surface area contributed by atoms with Gasteiger partial charge < -0.3 is 14.8 Å². The molecule has 0 aliphatic heterocycles. The third kappa shape index (κ3) is 3.86. The van der Waals surface area contributed by atoms with Gasteiger partial charge in [0.15, 0.2) is 5.82 Å². The fourth-order valence-electron chi connectivity index (χ4n) is 1.63. The van der Waals surface area contributed by atoms with E-state index in [1.54, 1.807) is 25.2 Å². The van der Waals surface area contributed by atoms with Crippen LogP contribution in [0.15, 0.2) is 30.3 Å². The molecule has 8 heteroatoms. The molecule has 0 spiro atoms. The minimum Gasteiger partial charge on any atom is -0.439 e. The van der Waals surface area contributed by atoms with Gasteiger partial charge in [-0.25, -0.2) is 4.98 Å². The summed E-state index contributed by atoms with van der Waals surface area (Å²) in [4.78, 5) is 18.6. The molecule has 2 aromatic rings. The number of methoxy groups -OCH3 is 1. The number of benzene rings is 1. The number of aromatic nitrogens is 2. The second-order valence-electron chi connectivity index (χ2n) is 4.05. The number of nitro benzene ring substituents is 1. The van der Waals surface area contributed by atoms with Gasteiger partial charge >= 0.3 is 0 Å². The van der Waals surface area contributed by atoms with Crippen LogP contribution in [0.4, 0.5) is 11.5 Å². The number of non-ortho nitro benzene ring substituents is 1. The summed E-state index contributed by atoms with van der Waals surface area (Å²) in [5.74, 6) is 1.62. The molecule has 1 heterocycles. The van der Waals surface area contributed by atoms with E-state index in [1.807, 2.05) is 0 Å². The van der Waals surface area contributed by atoms with E-state index in [2.05, 4.69) is 15.3 Å². The Morgan fingerprint density at radius 2 is 2.14 bits per heavy atom. The molecule has 0 atom stereocenters. The Kier molecular flexibility index (Phi) is 4.62. The van der Waals surface area contributed by atoms with E-state index >= 15 is 0 Å². The first-order valence-electron chi connectivity index (χ1n) is 6.09. The third-order valence-electron chi connectivity index (χ3n) is 2.53. The van der Waals surface area contributed by atoms with Crippen molar-refractivity contribution in [1.82, 2.24) is 9.97 Å². The first kappa shape index (κ1) is 14.7. The summed E-state index contributed by atoms with van der Waals surface area (Å²) in [5.41, 5.74) is -0.0486. The Bertz CT molecular complexity index is 648. The van der Waals surface area contributed by atoms with Gasteiger partial charge in [0.1, 0.15) is 18.2 Å². The molecule has 0 amide bonds. The van der Waals surface area contributed by atoms with Crippen molar-refractivity contribution < 1.29 is 14.4 Å². The average molecular weight is 290 g/mol. The van der Waals surface area contributed by atoms with Crippen LogP contribution in [0.5, 0.6) is 11.6 Å². The van der Waals surface area contributed by atoms with Crippen molar-refractivity contribution in [1.29, 1.82) is 0 Å². The molecule has 0 fully saturated rings.